The maximum absolute atomic E-state index is 10.4. The van der Waals surface area contributed by atoms with Gasteiger partial charge in [-0.05, 0) is 30.4 Å². The number of hydrogen-bond acceptors (Lipinski definition) is 5. The molecule has 5 nitrogen and oxygen atoms in total. The van der Waals surface area contributed by atoms with Crippen LogP contribution in [-0.2, 0) is 15.9 Å². The molecule has 1 aliphatic carbocycles. The largest absolute Gasteiger partial charge is 0.389 e. The van der Waals surface area contributed by atoms with E-state index < -0.39 is 6.10 Å². The van der Waals surface area contributed by atoms with Gasteiger partial charge in [-0.3, -0.25) is 9.80 Å². The highest BCUT2D eigenvalue weighted by molar-refractivity contribution is 5.31. The highest BCUT2D eigenvalue weighted by atomic mass is 16.5. The van der Waals surface area contributed by atoms with E-state index in [1.807, 2.05) is 0 Å². The smallest absolute Gasteiger partial charge is 0.0900 e. The van der Waals surface area contributed by atoms with Crippen LogP contribution in [0, 0.1) is 0 Å². The Morgan fingerprint density at radius 3 is 2.72 bits per heavy atom. The van der Waals surface area contributed by atoms with Crippen LogP contribution < -0.4 is 0 Å². The summed E-state index contributed by atoms with van der Waals surface area (Å²) in [5.41, 5.74) is 2.72. The van der Waals surface area contributed by atoms with E-state index >= 15 is 0 Å². The number of rotatable bonds is 8. The van der Waals surface area contributed by atoms with E-state index in [1.165, 1.54) is 17.5 Å². The van der Waals surface area contributed by atoms with Crippen LogP contribution in [0.3, 0.4) is 0 Å². The summed E-state index contributed by atoms with van der Waals surface area (Å²) in [6.07, 6.45) is 3.10. The summed E-state index contributed by atoms with van der Waals surface area (Å²) in [5.74, 6) is 0. The van der Waals surface area contributed by atoms with Crippen LogP contribution in [0.5, 0.6) is 0 Å². The molecule has 1 aliphatic heterocycles. The van der Waals surface area contributed by atoms with Crippen molar-refractivity contribution in [1.82, 2.24) is 9.80 Å². The Labute approximate surface area is 151 Å². The Bertz CT molecular complexity index is 517. The van der Waals surface area contributed by atoms with Crippen molar-refractivity contribution < 1.29 is 14.6 Å². The monoisotopic (exact) mass is 348 g/mol. The summed E-state index contributed by atoms with van der Waals surface area (Å²) in [6.45, 7) is 7.02. The molecule has 1 aromatic carbocycles. The van der Waals surface area contributed by atoms with Crippen LogP contribution in [0.15, 0.2) is 24.3 Å². The Hall–Kier alpha value is -0.980. The van der Waals surface area contributed by atoms with E-state index in [0.29, 0.717) is 13.2 Å². The Kier molecular flexibility index (Phi) is 7.25. The third kappa shape index (κ3) is 5.50. The van der Waals surface area contributed by atoms with Gasteiger partial charge in [-0.2, -0.15) is 0 Å². The van der Waals surface area contributed by atoms with Gasteiger partial charge in [0, 0.05) is 46.4 Å². The van der Waals surface area contributed by atoms with Gasteiger partial charge in [-0.25, -0.2) is 0 Å². The lowest BCUT2D eigenvalue weighted by molar-refractivity contribution is -0.0327. The Morgan fingerprint density at radius 1 is 1.16 bits per heavy atom. The van der Waals surface area contributed by atoms with Crippen molar-refractivity contribution in [1.29, 1.82) is 0 Å². The number of fused-ring (bicyclic) bond motifs is 1. The summed E-state index contributed by atoms with van der Waals surface area (Å²) in [7, 11) is 1.75. The first-order chi connectivity index (χ1) is 12.3. The highest BCUT2D eigenvalue weighted by Crippen LogP contribution is 2.32. The van der Waals surface area contributed by atoms with Gasteiger partial charge in [0.1, 0.15) is 0 Å². The molecule has 140 valence electrons. The van der Waals surface area contributed by atoms with E-state index in [2.05, 4.69) is 34.1 Å². The molecule has 1 N–H and O–H groups in total. The standard InChI is InChI=1S/C20H32N2O3/c1-24-14-13-21-9-11-22(12-10-21)15-18(23)16-25-20-8-4-6-17-5-2-3-7-19(17)20/h2-3,5,7,18,20,23H,4,6,8-16H2,1H3/t18-,20-/m1/s1. The Balaban J connectivity index is 1.39. The first-order valence-electron chi connectivity index (χ1n) is 9.57. The van der Waals surface area contributed by atoms with Crippen molar-refractivity contribution in [2.75, 3.05) is 59.6 Å². The molecule has 25 heavy (non-hydrogen) atoms. The number of hydrogen-bond donors (Lipinski definition) is 1. The quantitative estimate of drug-likeness (QED) is 0.775. The molecular weight excluding hydrogens is 316 g/mol. The van der Waals surface area contributed by atoms with Crippen LogP contribution in [0.2, 0.25) is 0 Å². The second-order valence-electron chi connectivity index (χ2n) is 7.20. The average molecular weight is 348 g/mol. The zero-order valence-corrected chi connectivity index (χ0v) is 15.4. The predicted octanol–water partition coefficient (Wildman–Crippen LogP) is 1.71. The number of aliphatic hydroxyl groups is 1. The number of β-amino-alcohol motifs (C(OH)–C–C–N with tert-alkyl or cyclic N) is 1. The fraction of sp³-hybridized carbons (Fsp3) is 0.700. The normalized spacial score (nSPS) is 23.4. The second kappa shape index (κ2) is 9.64. The maximum Gasteiger partial charge on any atom is 0.0900 e. The highest BCUT2D eigenvalue weighted by Gasteiger charge is 2.23. The fourth-order valence-electron chi connectivity index (χ4n) is 3.88. The summed E-state index contributed by atoms with van der Waals surface area (Å²) in [5, 5.41) is 10.4. The number of aryl methyl sites for hydroxylation is 1. The molecule has 0 saturated carbocycles. The van der Waals surface area contributed by atoms with Gasteiger partial charge >= 0.3 is 0 Å². The van der Waals surface area contributed by atoms with Gasteiger partial charge in [0.15, 0.2) is 0 Å². The molecule has 1 aromatic rings. The van der Waals surface area contributed by atoms with Crippen molar-refractivity contribution in [2.45, 2.75) is 31.5 Å². The minimum Gasteiger partial charge on any atom is -0.389 e. The van der Waals surface area contributed by atoms with E-state index in [1.54, 1.807) is 7.11 Å². The molecule has 5 heteroatoms. The molecule has 1 saturated heterocycles. The lowest BCUT2D eigenvalue weighted by Gasteiger charge is -2.35. The van der Waals surface area contributed by atoms with Crippen molar-refractivity contribution in [3.05, 3.63) is 35.4 Å². The third-order valence-corrected chi connectivity index (χ3v) is 5.35. The van der Waals surface area contributed by atoms with E-state index in [4.69, 9.17) is 9.47 Å². The fourth-order valence-corrected chi connectivity index (χ4v) is 3.88. The van der Waals surface area contributed by atoms with Crippen molar-refractivity contribution in [2.24, 2.45) is 0 Å². The molecule has 2 aliphatic rings. The molecular formula is C20H32N2O3. The van der Waals surface area contributed by atoms with Gasteiger partial charge < -0.3 is 14.6 Å². The van der Waals surface area contributed by atoms with E-state index in [0.717, 1.165) is 52.2 Å². The van der Waals surface area contributed by atoms with Gasteiger partial charge in [0.05, 0.1) is 25.4 Å². The zero-order valence-electron chi connectivity index (χ0n) is 15.4. The summed E-state index contributed by atoms with van der Waals surface area (Å²) in [6, 6.07) is 8.55. The topological polar surface area (TPSA) is 45.2 Å². The number of ether oxygens (including phenoxy) is 2. The minimum absolute atomic E-state index is 0.144. The van der Waals surface area contributed by atoms with E-state index in [9.17, 15) is 5.11 Å². The van der Waals surface area contributed by atoms with Crippen LogP contribution >= 0.6 is 0 Å². The average Bonchev–Trinajstić information content (AvgIpc) is 2.66. The number of benzene rings is 1. The molecule has 0 bridgehead atoms. The Morgan fingerprint density at radius 2 is 1.92 bits per heavy atom. The molecule has 0 radical (unpaired) electrons. The SMILES string of the molecule is COCCN1CCN(C[C@@H](O)CO[C@@H]2CCCc3ccccc32)CC1. The van der Waals surface area contributed by atoms with Crippen LogP contribution in [0.25, 0.3) is 0 Å². The van der Waals surface area contributed by atoms with Gasteiger partial charge in [-0.15, -0.1) is 0 Å². The minimum atomic E-state index is -0.417. The first-order valence-corrected chi connectivity index (χ1v) is 9.57. The van der Waals surface area contributed by atoms with Crippen LogP contribution in [-0.4, -0.2) is 80.6 Å². The number of aliphatic hydroxyl groups excluding tert-OH is 1. The summed E-state index contributed by atoms with van der Waals surface area (Å²) < 4.78 is 11.2. The summed E-state index contributed by atoms with van der Waals surface area (Å²) in [4.78, 5) is 4.76. The lowest BCUT2D eigenvalue weighted by Crippen LogP contribution is -2.49. The molecule has 0 aromatic heterocycles. The van der Waals surface area contributed by atoms with Crippen molar-refractivity contribution >= 4 is 0 Å². The predicted molar refractivity (Wildman–Crippen MR) is 98.8 cm³/mol. The van der Waals surface area contributed by atoms with Crippen molar-refractivity contribution in [3.63, 3.8) is 0 Å². The summed E-state index contributed by atoms with van der Waals surface area (Å²) >= 11 is 0. The molecule has 1 fully saturated rings. The van der Waals surface area contributed by atoms with Gasteiger partial charge in [-0.1, -0.05) is 24.3 Å². The van der Waals surface area contributed by atoms with Crippen LogP contribution in [0.1, 0.15) is 30.1 Å². The number of nitrogens with zero attached hydrogens (tertiary/aromatic N) is 2. The molecule has 2 atom stereocenters. The molecule has 3 rings (SSSR count). The lowest BCUT2D eigenvalue weighted by atomic mass is 9.89. The van der Waals surface area contributed by atoms with E-state index in [-0.39, 0.29) is 6.10 Å². The van der Waals surface area contributed by atoms with Gasteiger partial charge in [0.25, 0.3) is 0 Å². The van der Waals surface area contributed by atoms with Crippen LogP contribution in [0.4, 0.5) is 0 Å². The third-order valence-electron chi connectivity index (χ3n) is 5.35. The number of piperazine rings is 1. The van der Waals surface area contributed by atoms with Crippen molar-refractivity contribution in [3.8, 4) is 0 Å². The molecule has 0 unspecified atom stereocenters. The second-order valence-corrected chi connectivity index (χ2v) is 7.20. The molecule has 0 spiro atoms. The zero-order chi connectivity index (χ0) is 17.5. The first kappa shape index (κ1) is 18.8. The number of methoxy groups -OCH3 is 1. The maximum atomic E-state index is 10.4. The molecule has 1 heterocycles. The van der Waals surface area contributed by atoms with Gasteiger partial charge in [0.2, 0.25) is 0 Å². The molecule has 0 amide bonds.